The van der Waals surface area contributed by atoms with Gasteiger partial charge in [-0.25, -0.2) is 0 Å². The molecule has 0 saturated carbocycles. The van der Waals surface area contributed by atoms with Crippen LogP contribution in [0.2, 0.25) is 0 Å². The van der Waals surface area contributed by atoms with Gasteiger partial charge in [0.1, 0.15) is 6.54 Å². The molecule has 0 aromatic heterocycles. The second kappa shape index (κ2) is 10.7. The first-order valence-electron chi connectivity index (χ1n) is 10.0. The van der Waals surface area contributed by atoms with E-state index in [4.69, 9.17) is 9.47 Å². The molecular weight excluding hydrogens is 428 g/mol. The lowest BCUT2D eigenvalue weighted by atomic mass is 10.0. The van der Waals surface area contributed by atoms with Crippen LogP contribution in [0.1, 0.15) is 18.1 Å². The lowest BCUT2D eigenvalue weighted by molar-refractivity contribution is -0.127. The first kappa shape index (κ1) is 23.1. The zero-order chi connectivity index (χ0) is 23.1. The van der Waals surface area contributed by atoms with Crippen LogP contribution in [-0.2, 0) is 16.0 Å². The van der Waals surface area contributed by atoms with Crippen molar-refractivity contribution in [1.29, 1.82) is 0 Å². The standard InChI is InChI=1S/C24H24N2O5S/c1-4-9-17-12-16(13-19(31-5-2)22(17)30-3)14-20-23(28)26(24(29)32-20)15-21(27)25-18-10-7-6-8-11-18/h4,6-8,10-14H,1,5,9,15H2,2-3H3,(H,25,27)/b20-14+. The predicted molar refractivity (Wildman–Crippen MR) is 126 cm³/mol. The van der Waals surface area contributed by atoms with Gasteiger partial charge in [0.25, 0.3) is 11.1 Å². The molecule has 8 heteroatoms. The second-order valence-electron chi connectivity index (χ2n) is 6.82. The van der Waals surface area contributed by atoms with E-state index in [1.54, 1.807) is 49.6 Å². The van der Waals surface area contributed by atoms with E-state index in [2.05, 4.69) is 11.9 Å². The van der Waals surface area contributed by atoms with Gasteiger partial charge in [-0.15, -0.1) is 6.58 Å². The van der Waals surface area contributed by atoms with Gasteiger partial charge in [0, 0.05) is 11.3 Å². The lowest BCUT2D eigenvalue weighted by Crippen LogP contribution is -2.36. The SMILES string of the molecule is C=CCc1cc(/C=C2/SC(=O)N(CC(=O)Nc3ccccc3)C2=O)cc(OCC)c1OC. The molecule has 2 aromatic carbocycles. The summed E-state index contributed by atoms with van der Waals surface area (Å²) in [4.78, 5) is 38.7. The lowest BCUT2D eigenvalue weighted by Gasteiger charge is -2.14. The summed E-state index contributed by atoms with van der Waals surface area (Å²) in [5.74, 6) is 0.190. The summed E-state index contributed by atoms with van der Waals surface area (Å²) in [5.41, 5.74) is 2.13. The molecule has 0 unspecified atom stereocenters. The smallest absolute Gasteiger partial charge is 0.294 e. The molecule has 0 aliphatic carbocycles. The van der Waals surface area contributed by atoms with Crippen LogP contribution in [0.15, 0.2) is 60.0 Å². The minimum atomic E-state index is -0.512. The molecule has 3 rings (SSSR count). The van der Waals surface area contributed by atoms with Crippen molar-refractivity contribution in [2.75, 3.05) is 25.6 Å². The van der Waals surface area contributed by atoms with Crippen molar-refractivity contribution in [1.82, 2.24) is 4.90 Å². The molecule has 166 valence electrons. The summed E-state index contributed by atoms with van der Waals surface area (Å²) >= 11 is 0.800. The molecule has 1 saturated heterocycles. The van der Waals surface area contributed by atoms with Gasteiger partial charge in [-0.1, -0.05) is 24.3 Å². The number of ether oxygens (including phenoxy) is 2. The first-order valence-corrected chi connectivity index (χ1v) is 10.8. The number of para-hydroxylation sites is 1. The number of imide groups is 1. The molecular formula is C24H24N2O5S. The molecule has 0 radical (unpaired) electrons. The number of allylic oxidation sites excluding steroid dienone is 1. The number of hydrogen-bond acceptors (Lipinski definition) is 6. The van der Waals surface area contributed by atoms with Crippen LogP contribution in [0.3, 0.4) is 0 Å². The first-order chi connectivity index (χ1) is 15.5. The van der Waals surface area contributed by atoms with E-state index < -0.39 is 17.1 Å². The topological polar surface area (TPSA) is 84.9 Å². The van der Waals surface area contributed by atoms with Crippen LogP contribution in [0.4, 0.5) is 10.5 Å². The number of anilines is 1. The number of methoxy groups -OCH3 is 1. The molecule has 0 bridgehead atoms. The number of rotatable bonds is 9. The monoisotopic (exact) mass is 452 g/mol. The Bertz CT molecular complexity index is 1070. The predicted octanol–water partition coefficient (Wildman–Crippen LogP) is 4.50. The Balaban J connectivity index is 1.81. The number of nitrogens with one attached hydrogen (secondary N) is 1. The van der Waals surface area contributed by atoms with E-state index in [-0.39, 0.29) is 11.4 Å². The zero-order valence-electron chi connectivity index (χ0n) is 17.9. The minimum absolute atomic E-state index is 0.236. The maximum absolute atomic E-state index is 12.8. The maximum Gasteiger partial charge on any atom is 0.294 e. The molecule has 32 heavy (non-hydrogen) atoms. The number of amides is 3. The molecule has 7 nitrogen and oxygen atoms in total. The van der Waals surface area contributed by atoms with Gasteiger partial charge < -0.3 is 14.8 Å². The van der Waals surface area contributed by atoms with Crippen LogP contribution in [0.5, 0.6) is 11.5 Å². The summed E-state index contributed by atoms with van der Waals surface area (Å²) < 4.78 is 11.2. The van der Waals surface area contributed by atoms with E-state index in [1.807, 2.05) is 19.1 Å². The molecule has 3 amide bonds. The molecule has 1 aliphatic rings. The average Bonchev–Trinajstić information content (AvgIpc) is 3.02. The highest BCUT2D eigenvalue weighted by atomic mass is 32.2. The van der Waals surface area contributed by atoms with Crippen LogP contribution in [0.25, 0.3) is 6.08 Å². The molecule has 0 atom stereocenters. The molecule has 1 heterocycles. The summed E-state index contributed by atoms with van der Waals surface area (Å²) in [7, 11) is 1.57. The number of thioether (sulfide) groups is 1. The fourth-order valence-corrected chi connectivity index (χ4v) is 4.06. The van der Waals surface area contributed by atoms with Crippen molar-refractivity contribution in [3.63, 3.8) is 0 Å². The van der Waals surface area contributed by atoms with Gasteiger partial charge in [-0.3, -0.25) is 19.3 Å². The number of carbonyl (C=O) groups is 3. The van der Waals surface area contributed by atoms with Crippen LogP contribution >= 0.6 is 11.8 Å². The highest BCUT2D eigenvalue weighted by molar-refractivity contribution is 8.18. The zero-order valence-corrected chi connectivity index (χ0v) is 18.7. The van der Waals surface area contributed by atoms with E-state index in [9.17, 15) is 14.4 Å². The van der Waals surface area contributed by atoms with Crippen molar-refractivity contribution in [2.45, 2.75) is 13.3 Å². The number of nitrogens with zero attached hydrogens (tertiary/aromatic N) is 1. The highest BCUT2D eigenvalue weighted by Crippen LogP contribution is 2.37. The molecule has 1 N–H and O–H groups in total. The van der Waals surface area contributed by atoms with Gasteiger partial charge in [-0.2, -0.15) is 0 Å². The van der Waals surface area contributed by atoms with Gasteiger partial charge in [-0.05, 0) is 61.0 Å². The van der Waals surface area contributed by atoms with E-state index in [0.717, 1.165) is 22.2 Å². The van der Waals surface area contributed by atoms with Gasteiger partial charge in [0.15, 0.2) is 11.5 Å². The number of hydrogen-bond donors (Lipinski definition) is 1. The Hall–Kier alpha value is -3.52. The van der Waals surface area contributed by atoms with Gasteiger partial charge >= 0.3 is 0 Å². The molecule has 2 aromatic rings. The summed E-state index contributed by atoms with van der Waals surface area (Å²) in [6.07, 6.45) is 3.91. The summed E-state index contributed by atoms with van der Waals surface area (Å²) in [6, 6.07) is 12.5. The fraction of sp³-hybridized carbons (Fsp3) is 0.208. The largest absolute Gasteiger partial charge is 0.493 e. The number of benzene rings is 2. The Kier molecular flexibility index (Phi) is 7.72. The fourth-order valence-electron chi connectivity index (χ4n) is 3.22. The van der Waals surface area contributed by atoms with E-state index in [1.165, 1.54) is 0 Å². The molecule has 1 aliphatic heterocycles. The van der Waals surface area contributed by atoms with Crippen molar-refractivity contribution >= 4 is 40.6 Å². The minimum Gasteiger partial charge on any atom is -0.493 e. The van der Waals surface area contributed by atoms with E-state index in [0.29, 0.717) is 35.8 Å². The molecule has 0 spiro atoms. The van der Waals surface area contributed by atoms with Crippen molar-refractivity contribution in [2.24, 2.45) is 0 Å². The van der Waals surface area contributed by atoms with Crippen LogP contribution < -0.4 is 14.8 Å². The third-order valence-electron chi connectivity index (χ3n) is 4.55. The Morgan fingerprint density at radius 3 is 2.62 bits per heavy atom. The van der Waals surface area contributed by atoms with Gasteiger partial charge in [0.05, 0.1) is 18.6 Å². The normalized spacial score (nSPS) is 14.6. The second-order valence-corrected chi connectivity index (χ2v) is 7.81. The van der Waals surface area contributed by atoms with Gasteiger partial charge in [0.2, 0.25) is 5.91 Å². The average molecular weight is 453 g/mol. The van der Waals surface area contributed by atoms with Crippen LogP contribution in [-0.4, -0.2) is 42.2 Å². The third-order valence-corrected chi connectivity index (χ3v) is 5.46. The highest BCUT2D eigenvalue weighted by Gasteiger charge is 2.36. The quantitative estimate of drug-likeness (QED) is 0.446. The van der Waals surface area contributed by atoms with Crippen LogP contribution in [0, 0.1) is 0 Å². The Labute approximate surface area is 191 Å². The third kappa shape index (κ3) is 5.39. The molecule has 1 fully saturated rings. The Morgan fingerprint density at radius 1 is 1.22 bits per heavy atom. The van der Waals surface area contributed by atoms with Crippen molar-refractivity contribution in [3.05, 3.63) is 71.2 Å². The van der Waals surface area contributed by atoms with E-state index >= 15 is 0 Å². The maximum atomic E-state index is 12.8. The summed E-state index contributed by atoms with van der Waals surface area (Å²) in [6.45, 7) is 5.73. The number of carbonyl (C=O) groups excluding carboxylic acids is 3. The Morgan fingerprint density at radius 2 is 1.97 bits per heavy atom. The van der Waals surface area contributed by atoms with Crippen molar-refractivity contribution in [3.8, 4) is 11.5 Å². The van der Waals surface area contributed by atoms with Crippen molar-refractivity contribution < 1.29 is 23.9 Å². The summed E-state index contributed by atoms with van der Waals surface area (Å²) in [5, 5.41) is 2.19.